The van der Waals surface area contributed by atoms with Gasteiger partial charge < -0.3 is 15.7 Å². The summed E-state index contributed by atoms with van der Waals surface area (Å²) in [5.41, 5.74) is 7.00. The zero-order valence-electron chi connectivity index (χ0n) is 9.43. The second-order valence-electron chi connectivity index (χ2n) is 3.99. The highest BCUT2D eigenvalue weighted by Crippen LogP contribution is 2.02. The molecule has 5 heteroatoms. The number of aliphatic hydroxyl groups is 1. The Bertz CT molecular complexity index is 287. The predicted octanol–water partition coefficient (Wildman–Crippen LogP) is -0.438. The highest BCUT2D eigenvalue weighted by atomic mass is 16.3. The van der Waals surface area contributed by atoms with Crippen molar-refractivity contribution < 1.29 is 5.11 Å². The molecule has 86 valence electrons. The van der Waals surface area contributed by atoms with Crippen LogP contribution in [0.25, 0.3) is 0 Å². The number of rotatable bonds is 6. The van der Waals surface area contributed by atoms with Crippen LogP contribution in [0.2, 0.25) is 0 Å². The summed E-state index contributed by atoms with van der Waals surface area (Å²) in [6, 6.07) is 0.0386. The highest BCUT2D eigenvalue weighted by molar-refractivity contribution is 5.03. The van der Waals surface area contributed by atoms with E-state index < -0.39 is 0 Å². The number of nitrogens with zero attached hydrogens (tertiary/aromatic N) is 3. The van der Waals surface area contributed by atoms with Crippen LogP contribution in [0, 0.1) is 0 Å². The van der Waals surface area contributed by atoms with Gasteiger partial charge in [-0.15, -0.1) is 0 Å². The average Bonchev–Trinajstić information content (AvgIpc) is 2.51. The predicted molar refractivity (Wildman–Crippen MR) is 59.2 cm³/mol. The van der Waals surface area contributed by atoms with Gasteiger partial charge in [-0.1, -0.05) is 0 Å². The van der Waals surface area contributed by atoms with Gasteiger partial charge in [0.2, 0.25) is 0 Å². The Labute approximate surface area is 90.5 Å². The monoisotopic (exact) mass is 212 g/mol. The Hall–Kier alpha value is -0.910. The average molecular weight is 212 g/mol. The summed E-state index contributed by atoms with van der Waals surface area (Å²) in [5.74, 6) is 0. The fourth-order valence-electron chi connectivity index (χ4n) is 1.59. The van der Waals surface area contributed by atoms with Gasteiger partial charge >= 0.3 is 0 Å². The van der Waals surface area contributed by atoms with E-state index in [1.807, 2.05) is 26.5 Å². The number of likely N-dealkylation sites (N-methyl/N-ethyl adjacent to an activating group) is 1. The first-order chi connectivity index (χ1) is 7.11. The van der Waals surface area contributed by atoms with Crippen molar-refractivity contribution in [3.8, 4) is 0 Å². The fourth-order valence-corrected chi connectivity index (χ4v) is 1.59. The van der Waals surface area contributed by atoms with Gasteiger partial charge in [0.1, 0.15) is 0 Å². The van der Waals surface area contributed by atoms with E-state index in [4.69, 9.17) is 10.8 Å². The van der Waals surface area contributed by atoms with E-state index in [1.54, 1.807) is 4.68 Å². The van der Waals surface area contributed by atoms with Crippen molar-refractivity contribution in [2.45, 2.75) is 19.0 Å². The Balaban J connectivity index is 2.32. The number of nitrogens with two attached hydrogens (primary N) is 1. The highest BCUT2D eigenvalue weighted by Gasteiger charge is 2.07. The third-order valence-electron chi connectivity index (χ3n) is 2.26. The first-order valence-corrected chi connectivity index (χ1v) is 5.14. The second-order valence-corrected chi connectivity index (χ2v) is 3.99. The smallest absolute Gasteiger partial charge is 0.0534 e. The molecule has 1 unspecified atom stereocenters. The third-order valence-corrected chi connectivity index (χ3v) is 2.26. The summed E-state index contributed by atoms with van der Waals surface area (Å²) in [7, 11) is 3.92. The normalized spacial score (nSPS) is 13.4. The molecule has 0 amide bonds. The van der Waals surface area contributed by atoms with Crippen molar-refractivity contribution in [2.75, 3.05) is 20.2 Å². The van der Waals surface area contributed by atoms with E-state index in [2.05, 4.69) is 10.00 Å². The lowest BCUT2D eigenvalue weighted by Crippen LogP contribution is -2.35. The van der Waals surface area contributed by atoms with Crippen molar-refractivity contribution in [3.05, 3.63) is 18.0 Å². The number of hydrogen-bond donors (Lipinski definition) is 2. The summed E-state index contributed by atoms with van der Waals surface area (Å²) in [5, 5.41) is 12.8. The van der Waals surface area contributed by atoms with Crippen LogP contribution in [0.3, 0.4) is 0 Å². The molecule has 0 fully saturated rings. The summed E-state index contributed by atoms with van der Waals surface area (Å²) >= 11 is 0. The van der Waals surface area contributed by atoms with Crippen molar-refractivity contribution in [1.29, 1.82) is 0 Å². The van der Waals surface area contributed by atoms with Crippen LogP contribution in [-0.4, -0.2) is 46.0 Å². The lowest BCUT2D eigenvalue weighted by atomic mass is 10.2. The van der Waals surface area contributed by atoms with Crippen LogP contribution >= 0.6 is 0 Å². The van der Waals surface area contributed by atoms with Crippen LogP contribution in [0.5, 0.6) is 0 Å². The van der Waals surface area contributed by atoms with Gasteiger partial charge in [-0.2, -0.15) is 5.10 Å². The molecule has 1 aromatic heterocycles. The van der Waals surface area contributed by atoms with E-state index in [9.17, 15) is 0 Å². The molecule has 0 bridgehead atoms. The van der Waals surface area contributed by atoms with Crippen molar-refractivity contribution >= 4 is 0 Å². The molecule has 0 radical (unpaired) electrons. The minimum atomic E-state index is 0.0386. The van der Waals surface area contributed by atoms with Crippen LogP contribution < -0.4 is 5.73 Å². The lowest BCUT2D eigenvalue weighted by molar-refractivity contribution is 0.244. The SMILES string of the molecule is CN(Cc1cnn(C)c1)CC(N)CCO. The zero-order valence-corrected chi connectivity index (χ0v) is 9.43. The first-order valence-electron chi connectivity index (χ1n) is 5.14. The molecule has 0 saturated heterocycles. The van der Waals surface area contributed by atoms with Gasteiger partial charge in [0.05, 0.1) is 6.20 Å². The summed E-state index contributed by atoms with van der Waals surface area (Å²) < 4.78 is 1.79. The standard InChI is InChI=1S/C10H20N4O/c1-13(8-10(11)3-4-15)6-9-5-12-14(2)7-9/h5,7,10,15H,3-4,6,8,11H2,1-2H3. The van der Waals surface area contributed by atoms with Gasteiger partial charge in [0, 0.05) is 44.5 Å². The van der Waals surface area contributed by atoms with Gasteiger partial charge in [-0.05, 0) is 13.5 Å². The topological polar surface area (TPSA) is 67.3 Å². The number of hydrogen-bond acceptors (Lipinski definition) is 4. The Morgan fingerprint density at radius 3 is 2.93 bits per heavy atom. The fraction of sp³-hybridized carbons (Fsp3) is 0.700. The largest absolute Gasteiger partial charge is 0.396 e. The number of aryl methyl sites for hydroxylation is 1. The molecule has 0 aliphatic heterocycles. The second kappa shape index (κ2) is 5.85. The van der Waals surface area contributed by atoms with E-state index in [0.717, 1.165) is 13.1 Å². The molecule has 1 atom stereocenters. The van der Waals surface area contributed by atoms with E-state index in [0.29, 0.717) is 6.42 Å². The van der Waals surface area contributed by atoms with Crippen LogP contribution in [0.4, 0.5) is 0 Å². The van der Waals surface area contributed by atoms with Gasteiger partial charge in [0.25, 0.3) is 0 Å². The summed E-state index contributed by atoms with van der Waals surface area (Å²) in [4.78, 5) is 2.14. The van der Waals surface area contributed by atoms with Gasteiger partial charge in [0.15, 0.2) is 0 Å². The van der Waals surface area contributed by atoms with Gasteiger partial charge in [-0.3, -0.25) is 4.68 Å². The molecule has 0 aromatic carbocycles. The van der Waals surface area contributed by atoms with Crippen molar-refractivity contribution in [3.63, 3.8) is 0 Å². The molecule has 0 spiro atoms. The molecule has 1 rings (SSSR count). The maximum Gasteiger partial charge on any atom is 0.0534 e. The molecular formula is C10H20N4O. The van der Waals surface area contributed by atoms with E-state index >= 15 is 0 Å². The lowest BCUT2D eigenvalue weighted by Gasteiger charge is -2.19. The molecule has 3 N–H and O–H groups in total. The van der Waals surface area contributed by atoms with Gasteiger partial charge in [-0.25, -0.2) is 0 Å². The number of aromatic nitrogens is 2. The molecular weight excluding hydrogens is 192 g/mol. The molecule has 1 aromatic rings. The maximum atomic E-state index is 8.73. The Kier molecular flexibility index (Phi) is 4.74. The molecule has 1 heterocycles. The summed E-state index contributed by atoms with van der Waals surface area (Å²) in [6.45, 7) is 1.78. The van der Waals surface area contributed by atoms with Crippen LogP contribution in [0.1, 0.15) is 12.0 Å². The maximum absolute atomic E-state index is 8.73. The van der Waals surface area contributed by atoms with E-state index in [1.165, 1.54) is 5.56 Å². The van der Waals surface area contributed by atoms with Crippen LogP contribution in [0.15, 0.2) is 12.4 Å². The van der Waals surface area contributed by atoms with Crippen LogP contribution in [-0.2, 0) is 13.6 Å². The summed E-state index contributed by atoms with van der Waals surface area (Å²) in [6.07, 6.45) is 4.50. The Morgan fingerprint density at radius 2 is 2.40 bits per heavy atom. The molecule has 0 aliphatic rings. The zero-order chi connectivity index (χ0) is 11.3. The first kappa shape index (κ1) is 12.2. The molecule has 5 nitrogen and oxygen atoms in total. The van der Waals surface area contributed by atoms with E-state index in [-0.39, 0.29) is 12.6 Å². The van der Waals surface area contributed by atoms with Crippen molar-refractivity contribution in [1.82, 2.24) is 14.7 Å². The molecule has 15 heavy (non-hydrogen) atoms. The Morgan fingerprint density at radius 1 is 1.67 bits per heavy atom. The quantitative estimate of drug-likeness (QED) is 0.671. The minimum absolute atomic E-state index is 0.0386. The number of aliphatic hydroxyl groups excluding tert-OH is 1. The minimum Gasteiger partial charge on any atom is -0.396 e. The molecule has 0 saturated carbocycles. The molecule has 0 aliphatic carbocycles. The third kappa shape index (κ3) is 4.42. The van der Waals surface area contributed by atoms with Crippen molar-refractivity contribution in [2.24, 2.45) is 12.8 Å².